The van der Waals surface area contributed by atoms with Crippen molar-refractivity contribution in [3.63, 3.8) is 0 Å². The minimum Gasteiger partial charge on any atom is -0.457 e. The Kier molecular flexibility index (Phi) is 4.92. The number of hydrogen-bond acceptors (Lipinski definition) is 5. The van der Waals surface area contributed by atoms with E-state index in [0.717, 1.165) is 5.56 Å². The van der Waals surface area contributed by atoms with Gasteiger partial charge in [0.25, 0.3) is 0 Å². The molecule has 1 aromatic heterocycles. The summed E-state index contributed by atoms with van der Waals surface area (Å²) < 4.78 is 18.2. The molecule has 1 amide bonds. The van der Waals surface area contributed by atoms with Crippen molar-refractivity contribution in [2.45, 2.75) is 38.8 Å². The summed E-state index contributed by atoms with van der Waals surface area (Å²) in [5.41, 5.74) is 0.919. The zero-order valence-corrected chi connectivity index (χ0v) is 14.2. The topological polar surface area (TPSA) is 74.6 Å². The first-order chi connectivity index (χ1) is 12.0. The van der Waals surface area contributed by atoms with E-state index in [1.54, 1.807) is 24.7 Å². The van der Waals surface area contributed by atoms with E-state index in [2.05, 4.69) is 10.4 Å². The van der Waals surface area contributed by atoms with Crippen LogP contribution in [0.1, 0.15) is 19.4 Å². The average molecular weight is 343 g/mol. The SMILES string of the molecule is CC1(C)OC=C([C@@H](Cn2cccn2)NC(=O)OCc2ccccc2)O1. The number of ether oxygens (including phenoxy) is 3. The van der Waals surface area contributed by atoms with Crippen molar-refractivity contribution in [1.82, 2.24) is 15.1 Å². The number of amides is 1. The second-order valence-electron chi connectivity index (χ2n) is 6.13. The molecule has 132 valence electrons. The Hall–Kier alpha value is -2.96. The van der Waals surface area contributed by atoms with Crippen molar-refractivity contribution < 1.29 is 19.0 Å². The summed E-state index contributed by atoms with van der Waals surface area (Å²) in [7, 11) is 0. The predicted octanol–water partition coefficient (Wildman–Crippen LogP) is 2.80. The lowest BCUT2D eigenvalue weighted by Crippen LogP contribution is -2.40. The van der Waals surface area contributed by atoms with Crippen LogP contribution in [-0.4, -0.2) is 27.7 Å². The van der Waals surface area contributed by atoms with Crippen LogP contribution in [0.25, 0.3) is 0 Å². The fraction of sp³-hybridized carbons (Fsp3) is 0.333. The average Bonchev–Trinajstić information content (AvgIpc) is 3.22. The molecular formula is C18H21N3O4. The zero-order chi connectivity index (χ0) is 17.7. The molecule has 0 spiro atoms. The number of carbonyl (C=O) groups excluding carboxylic acids is 1. The molecule has 1 N–H and O–H groups in total. The first-order valence-electron chi connectivity index (χ1n) is 8.03. The second-order valence-corrected chi connectivity index (χ2v) is 6.13. The highest BCUT2D eigenvalue weighted by Crippen LogP contribution is 2.26. The minimum absolute atomic E-state index is 0.197. The van der Waals surface area contributed by atoms with Gasteiger partial charge in [0, 0.05) is 26.2 Å². The Labute approximate surface area is 146 Å². The van der Waals surface area contributed by atoms with Gasteiger partial charge < -0.3 is 19.5 Å². The monoisotopic (exact) mass is 343 g/mol. The van der Waals surface area contributed by atoms with Gasteiger partial charge in [0.15, 0.2) is 5.76 Å². The molecule has 2 heterocycles. The molecule has 1 aliphatic heterocycles. The summed E-state index contributed by atoms with van der Waals surface area (Å²) in [6, 6.07) is 10.9. The summed E-state index contributed by atoms with van der Waals surface area (Å²) in [6.07, 6.45) is 4.47. The van der Waals surface area contributed by atoms with E-state index in [-0.39, 0.29) is 6.61 Å². The van der Waals surface area contributed by atoms with Crippen LogP contribution in [0, 0.1) is 0 Å². The summed E-state index contributed by atoms with van der Waals surface area (Å²) in [6.45, 7) is 4.20. The third kappa shape index (κ3) is 4.76. The maximum Gasteiger partial charge on any atom is 0.408 e. The van der Waals surface area contributed by atoms with Crippen LogP contribution in [0.15, 0.2) is 60.8 Å². The molecule has 0 aliphatic carbocycles. The van der Waals surface area contributed by atoms with Gasteiger partial charge >= 0.3 is 6.09 Å². The smallest absolute Gasteiger partial charge is 0.408 e. The Morgan fingerprint density at radius 3 is 2.76 bits per heavy atom. The molecule has 7 heteroatoms. The molecule has 1 atom stereocenters. The van der Waals surface area contributed by atoms with E-state index in [9.17, 15) is 4.79 Å². The van der Waals surface area contributed by atoms with E-state index in [0.29, 0.717) is 12.3 Å². The van der Waals surface area contributed by atoms with Crippen molar-refractivity contribution in [1.29, 1.82) is 0 Å². The molecule has 25 heavy (non-hydrogen) atoms. The molecule has 3 rings (SSSR count). The van der Waals surface area contributed by atoms with Gasteiger partial charge in [0.2, 0.25) is 5.79 Å². The predicted molar refractivity (Wildman–Crippen MR) is 90.1 cm³/mol. The Morgan fingerprint density at radius 2 is 2.12 bits per heavy atom. The fourth-order valence-corrected chi connectivity index (χ4v) is 2.39. The van der Waals surface area contributed by atoms with Crippen molar-refractivity contribution in [3.8, 4) is 0 Å². The van der Waals surface area contributed by atoms with Gasteiger partial charge in [-0.25, -0.2) is 4.79 Å². The van der Waals surface area contributed by atoms with E-state index < -0.39 is 17.9 Å². The van der Waals surface area contributed by atoms with E-state index in [1.165, 1.54) is 6.26 Å². The number of benzene rings is 1. The number of nitrogens with zero attached hydrogens (tertiary/aromatic N) is 2. The normalized spacial score (nSPS) is 16.3. The van der Waals surface area contributed by atoms with Gasteiger partial charge in [-0.3, -0.25) is 4.68 Å². The number of carbonyl (C=O) groups is 1. The Bertz CT molecular complexity index is 726. The van der Waals surface area contributed by atoms with Crippen LogP contribution >= 0.6 is 0 Å². The Balaban J connectivity index is 1.62. The number of nitrogens with one attached hydrogen (secondary N) is 1. The third-order valence-corrected chi connectivity index (χ3v) is 3.60. The maximum absolute atomic E-state index is 12.2. The highest BCUT2D eigenvalue weighted by molar-refractivity contribution is 5.68. The summed E-state index contributed by atoms with van der Waals surface area (Å²) in [4.78, 5) is 12.2. The van der Waals surface area contributed by atoms with Gasteiger partial charge in [-0.1, -0.05) is 30.3 Å². The van der Waals surface area contributed by atoms with Crippen LogP contribution in [0.5, 0.6) is 0 Å². The molecule has 0 radical (unpaired) electrons. The van der Waals surface area contributed by atoms with E-state index in [4.69, 9.17) is 14.2 Å². The van der Waals surface area contributed by atoms with E-state index in [1.807, 2.05) is 42.6 Å². The van der Waals surface area contributed by atoms with Crippen molar-refractivity contribution in [2.24, 2.45) is 0 Å². The zero-order valence-electron chi connectivity index (χ0n) is 14.2. The summed E-state index contributed by atoms with van der Waals surface area (Å²) >= 11 is 0. The first kappa shape index (κ1) is 16.9. The summed E-state index contributed by atoms with van der Waals surface area (Å²) in [5, 5.41) is 6.98. The van der Waals surface area contributed by atoms with Crippen LogP contribution in [0.2, 0.25) is 0 Å². The Morgan fingerprint density at radius 1 is 1.32 bits per heavy atom. The largest absolute Gasteiger partial charge is 0.457 e. The van der Waals surface area contributed by atoms with Crippen LogP contribution < -0.4 is 5.32 Å². The van der Waals surface area contributed by atoms with Crippen molar-refractivity contribution in [2.75, 3.05) is 0 Å². The van der Waals surface area contributed by atoms with Crippen molar-refractivity contribution in [3.05, 3.63) is 66.4 Å². The lowest BCUT2D eigenvalue weighted by Gasteiger charge is -2.23. The van der Waals surface area contributed by atoms with Crippen LogP contribution in [0.3, 0.4) is 0 Å². The fourth-order valence-electron chi connectivity index (χ4n) is 2.39. The number of hydrogen-bond donors (Lipinski definition) is 1. The van der Waals surface area contributed by atoms with E-state index >= 15 is 0 Å². The molecule has 1 aliphatic rings. The highest BCUT2D eigenvalue weighted by atomic mass is 16.7. The molecule has 0 unspecified atom stereocenters. The van der Waals surface area contributed by atoms with Gasteiger partial charge in [0.05, 0.1) is 6.54 Å². The van der Waals surface area contributed by atoms with Crippen LogP contribution in [0.4, 0.5) is 4.79 Å². The molecule has 1 aromatic carbocycles. The lowest BCUT2D eigenvalue weighted by molar-refractivity contribution is -0.119. The third-order valence-electron chi connectivity index (χ3n) is 3.60. The van der Waals surface area contributed by atoms with Crippen LogP contribution in [-0.2, 0) is 27.4 Å². The molecule has 0 bridgehead atoms. The minimum atomic E-state index is -0.757. The number of rotatable bonds is 6. The molecular weight excluding hydrogens is 322 g/mol. The number of aromatic nitrogens is 2. The number of alkyl carbamates (subject to hydrolysis) is 1. The molecule has 0 saturated heterocycles. The van der Waals surface area contributed by atoms with Gasteiger partial charge in [-0.2, -0.15) is 5.10 Å². The summed E-state index contributed by atoms with van der Waals surface area (Å²) in [5.74, 6) is -0.231. The quantitative estimate of drug-likeness (QED) is 0.873. The van der Waals surface area contributed by atoms with Gasteiger partial charge in [-0.05, 0) is 11.6 Å². The second kappa shape index (κ2) is 7.29. The highest BCUT2D eigenvalue weighted by Gasteiger charge is 2.33. The standard InChI is InChI=1S/C18H21N3O4/c1-18(2)24-13-16(25-18)15(11-21-10-6-9-19-21)20-17(22)23-12-14-7-4-3-5-8-14/h3-10,13,15H,11-12H2,1-2H3,(H,20,22)/t15-/m1/s1. The van der Waals surface area contributed by atoms with Gasteiger partial charge in [0.1, 0.15) is 18.9 Å². The molecule has 2 aromatic rings. The molecule has 0 fully saturated rings. The van der Waals surface area contributed by atoms with Crippen molar-refractivity contribution >= 4 is 6.09 Å². The molecule has 7 nitrogen and oxygen atoms in total. The lowest BCUT2D eigenvalue weighted by atomic mass is 10.2. The maximum atomic E-state index is 12.2. The first-order valence-corrected chi connectivity index (χ1v) is 8.03. The molecule has 0 saturated carbocycles. The van der Waals surface area contributed by atoms with Gasteiger partial charge in [-0.15, -0.1) is 0 Å².